The van der Waals surface area contributed by atoms with Gasteiger partial charge in [0, 0.05) is 0 Å². The molecule has 0 bridgehead atoms. The first-order valence-electron chi connectivity index (χ1n) is 3.45. The van der Waals surface area contributed by atoms with Crippen molar-refractivity contribution >= 4 is 22.5 Å². The molecular weight excluding hydrogens is 248 g/mol. The first kappa shape index (κ1) is 12.9. The van der Waals surface area contributed by atoms with Crippen molar-refractivity contribution in [3.8, 4) is 0 Å². The molecule has 0 aliphatic rings. The van der Waals surface area contributed by atoms with E-state index in [1.807, 2.05) is 0 Å². The Morgan fingerprint density at radius 2 is 1.77 bits per heavy atom. The van der Waals surface area contributed by atoms with Crippen LogP contribution in [0.3, 0.4) is 0 Å². The van der Waals surface area contributed by atoms with E-state index in [-0.39, 0.29) is 12.9 Å². The number of halogens is 1. The zero-order valence-corrected chi connectivity index (χ0v) is 8.16. The van der Waals surface area contributed by atoms with E-state index in [0.29, 0.717) is 0 Å². The fraction of sp³-hybridized carbons (Fsp3) is 0.833. The second-order valence-electron chi connectivity index (χ2n) is 2.45. The van der Waals surface area contributed by atoms with Gasteiger partial charge in [-0.15, -0.1) is 0 Å². The smallest absolute Gasteiger partial charge is 0.151 e. The summed E-state index contributed by atoms with van der Waals surface area (Å²) in [4.78, 5) is 9.99. The van der Waals surface area contributed by atoms with E-state index >= 15 is 0 Å². The third-order valence-corrected chi connectivity index (χ3v) is 1.73. The maximum atomic E-state index is 9.99. The molecule has 0 aliphatic heterocycles. The molecule has 6 nitrogen and oxygen atoms in total. The molecule has 0 rings (SSSR count). The largest absolute Gasteiger partial charge is 0.388 e. The Bertz CT molecular complexity index is 154. The SMILES string of the molecule is O=CC(O)C(O)C(O)C(O)COBr. The zero-order chi connectivity index (χ0) is 10.4. The summed E-state index contributed by atoms with van der Waals surface area (Å²) < 4.78 is 4.31. The van der Waals surface area contributed by atoms with E-state index < -0.39 is 24.4 Å². The lowest BCUT2D eigenvalue weighted by Gasteiger charge is -2.22. The summed E-state index contributed by atoms with van der Waals surface area (Å²) in [7, 11) is 0. The van der Waals surface area contributed by atoms with Crippen LogP contribution in [0.2, 0.25) is 0 Å². The van der Waals surface area contributed by atoms with E-state index in [0.717, 1.165) is 0 Å². The van der Waals surface area contributed by atoms with Crippen LogP contribution in [0.4, 0.5) is 0 Å². The van der Waals surface area contributed by atoms with Crippen LogP contribution < -0.4 is 0 Å². The van der Waals surface area contributed by atoms with Crippen LogP contribution in [-0.2, 0) is 8.62 Å². The van der Waals surface area contributed by atoms with Crippen LogP contribution >= 0.6 is 16.3 Å². The molecule has 0 aromatic rings. The number of aldehydes is 1. The number of carbonyl (C=O) groups excluding carboxylic acids is 1. The quantitative estimate of drug-likeness (QED) is 0.409. The van der Waals surface area contributed by atoms with Crippen molar-refractivity contribution in [3.05, 3.63) is 0 Å². The average molecular weight is 259 g/mol. The molecular formula is C6H11BrO6. The van der Waals surface area contributed by atoms with Crippen molar-refractivity contribution < 1.29 is 29.0 Å². The number of carbonyl (C=O) groups is 1. The number of aliphatic hydroxyl groups excluding tert-OH is 4. The minimum absolute atomic E-state index is 0.0651. The van der Waals surface area contributed by atoms with Crippen molar-refractivity contribution in [2.75, 3.05) is 6.61 Å². The highest BCUT2D eigenvalue weighted by molar-refractivity contribution is 9.06. The Kier molecular flexibility index (Phi) is 6.39. The standard InChI is InChI=1S/C6H11BrO6/c7-13-2-4(10)6(12)5(11)3(9)1-8/h1,3-6,9-12H,2H2. The Hall–Kier alpha value is -0.0500. The van der Waals surface area contributed by atoms with Crippen LogP contribution in [0, 0.1) is 0 Å². The van der Waals surface area contributed by atoms with E-state index in [2.05, 4.69) is 20.1 Å². The van der Waals surface area contributed by atoms with Gasteiger partial charge in [0.2, 0.25) is 0 Å². The third kappa shape index (κ3) is 4.12. The van der Waals surface area contributed by atoms with Gasteiger partial charge in [-0.1, -0.05) is 0 Å². The lowest BCUT2D eigenvalue weighted by molar-refractivity contribution is -0.135. The molecule has 0 aliphatic carbocycles. The Morgan fingerprint density at radius 3 is 2.15 bits per heavy atom. The molecule has 4 unspecified atom stereocenters. The maximum Gasteiger partial charge on any atom is 0.151 e. The molecule has 0 spiro atoms. The lowest BCUT2D eigenvalue weighted by Crippen LogP contribution is -2.46. The predicted octanol–water partition coefficient (Wildman–Crippen LogP) is -2.04. The summed E-state index contributed by atoms with van der Waals surface area (Å²) >= 11 is 2.54. The highest BCUT2D eigenvalue weighted by Gasteiger charge is 2.30. The second kappa shape index (κ2) is 6.41. The van der Waals surface area contributed by atoms with Gasteiger partial charge < -0.3 is 29.0 Å². The van der Waals surface area contributed by atoms with Gasteiger partial charge in [0.05, 0.1) is 22.9 Å². The maximum absolute atomic E-state index is 9.99. The first-order valence-corrected chi connectivity index (χ1v) is 4.10. The van der Waals surface area contributed by atoms with Crippen LogP contribution in [0.1, 0.15) is 0 Å². The average Bonchev–Trinajstić information content (AvgIpc) is 2.14. The molecule has 4 atom stereocenters. The molecule has 78 valence electrons. The summed E-state index contributed by atoms with van der Waals surface area (Å²) in [6.07, 6.45) is -6.41. The van der Waals surface area contributed by atoms with Gasteiger partial charge in [0.1, 0.15) is 24.4 Å². The van der Waals surface area contributed by atoms with Crippen LogP contribution in [-0.4, -0.2) is 57.7 Å². The molecule has 0 saturated heterocycles. The number of hydrogen-bond donors (Lipinski definition) is 4. The van der Waals surface area contributed by atoms with Crippen molar-refractivity contribution in [2.24, 2.45) is 0 Å². The molecule has 0 aromatic carbocycles. The van der Waals surface area contributed by atoms with Gasteiger partial charge >= 0.3 is 0 Å². The molecule has 13 heavy (non-hydrogen) atoms. The fourth-order valence-corrected chi connectivity index (χ4v) is 0.944. The summed E-state index contributed by atoms with van der Waals surface area (Å²) in [6.45, 7) is -0.274. The topological polar surface area (TPSA) is 107 Å². The van der Waals surface area contributed by atoms with Crippen molar-refractivity contribution in [2.45, 2.75) is 24.4 Å². The molecule has 0 heterocycles. The fourth-order valence-electron chi connectivity index (χ4n) is 0.673. The summed E-state index contributed by atoms with van der Waals surface area (Å²) in [6, 6.07) is 0. The van der Waals surface area contributed by atoms with Crippen LogP contribution in [0.25, 0.3) is 0 Å². The molecule has 7 heteroatoms. The van der Waals surface area contributed by atoms with Gasteiger partial charge in [-0.25, -0.2) is 0 Å². The lowest BCUT2D eigenvalue weighted by atomic mass is 10.0. The van der Waals surface area contributed by atoms with Crippen molar-refractivity contribution in [1.29, 1.82) is 0 Å². The van der Waals surface area contributed by atoms with Crippen molar-refractivity contribution in [1.82, 2.24) is 0 Å². The monoisotopic (exact) mass is 258 g/mol. The van der Waals surface area contributed by atoms with Crippen LogP contribution in [0.5, 0.6) is 0 Å². The molecule has 0 radical (unpaired) electrons. The minimum atomic E-state index is -1.73. The summed E-state index contributed by atoms with van der Waals surface area (Å²) in [5.74, 6) is 0. The van der Waals surface area contributed by atoms with Gasteiger partial charge in [-0.2, -0.15) is 0 Å². The van der Waals surface area contributed by atoms with E-state index in [9.17, 15) is 4.79 Å². The molecule has 0 amide bonds. The van der Waals surface area contributed by atoms with Crippen LogP contribution in [0.15, 0.2) is 0 Å². The molecule has 0 aromatic heterocycles. The van der Waals surface area contributed by atoms with Gasteiger partial charge in [0.25, 0.3) is 0 Å². The van der Waals surface area contributed by atoms with Crippen molar-refractivity contribution in [3.63, 3.8) is 0 Å². The number of aliphatic hydroxyl groups is 4. The number of rotatable bonds is 6. The Labute approximate surface area is 83.2 Å². The summed E-state index contributed by atoms with van der Waals surface area (Å²) in [5.41, 5.74) is 0. The molecule has 0 fully saturated rings. The van der Waals surface area contributed by atoms with E-state index in [1.165, 1.54) is 0 Å². The second-order valence-corrected chi connectivity index (χ2v) is 2.91. The normalized spacial score (nSPS) is 20.4. The predicted molar refractivity (Wildman–Crippen MR) is 45.0 cm³/mol. The number of hydrogen-bond acceptors (Lipinski definition) is 6. The van der Waals surface area contributed by atoms with Gasteiger partial charge in [-0.3, -0.25) is 0 Å². The Balaban J connectivity index is 4.06. The van der Waals surface area contributed by atoms with Gasteiger partial charge in [-0.05, 0) is 0 Å². The van der Waals surface area contributed by atoms with E-state index in [4.69, 9.17) is 20.4 Å². The third-order valence-electron chi connectivity index (χ3n) is 1.47. The zero-order valence-electron chi connectivity index (χ0n) is 6.58. The Morgan fingerprint density at radius 1 is 1.23 bits per heavy atom. The molecule has 0 saturated carbocycles. The summed E-state index contributed by atoms with van der Waals surface area (Å²) in [5, 5.41) is 35.9. The minimum Gasteiger partial charge on any atom is -0.388 e. The van der Waals surface area contributed by atoms with Gasteiger partial charge in [0.15, 0.2) is 6.29 Å². The molecule has 4 N–H and O–H groups in total. The van der Waals surface area contributed by atoms with E-state index in [1.54, 1.807) is 0 Å². The highest BCUT2D eigenvalue weighted by Crippen LogP contribution is 2.05. The first-order chi connectivity index (χ1) is 6.04. The highest BCUT2D eigenvalue weighted by atomic mass is 79.9.